The lowest BCUT2D eigenvalue weighted by molar-refractivity contribution is -0.141. The first-order chi connectivity index (χ1) is 9.31. The summed E-state index contributed by atoms with van der Waals surface area (Å²) in [4.78, 5) is 37.1. The van der Waals surface area contributed by atoms with E-state index in [2.05, 4.69) is 5.32 Å². The molecule has 2 N–H and O–H groups in total. The maximum atomic E-state index is 12.2. The SMILES string of the molecule is CC(=O)NC1CCN(C(=O)N(C)CC(C)C(=O)O)CC1. The van der Waals surface area contributed by atoms with Crippen LogP contribution in [-0.2, 0) is 9.59 Å². The van der Waals surface area contributed by atoms with Crippen LogP contribution in [0.15, 0.2) is 0 Å². The number of urea groups is 1. The van der Waals surface area contributed by atoms with Crippen molar-refractivity contribution in [2.75, 3.05) is 26.7 Å². The van der Waals surface area contributed by atoms with Crippen LogP contribution < -0.4 is 5.32 Å². The number of carboxylic acids is 1. The molecule has 7 nitrogen and oxygen atoms in total. The lowest BCUT2D eigenvalue weighted by Gasteiger charge is -2.35. The molecule has 0 bridgehead atoms. The first-order valence-corrected chi connectivity index (χ1v) is 6.81. The molecular formula is C13H23N3O4. The van der Waals surface area contributed by atoms with Crippen molar-refractivity contribution in [3.8, 4) is 0 Å². The third-order valence-corrected chi connectivity index (χ3v) is 3.47. The van der Waals surface area contributed by atoms with Gasteiger partial charge in [-0.05, 0) is 12.8 Å². The van der Waals surface area contributed by atoms with E-state index < -0.39 is 11.9 Å². The van der Waals surface area contributed by atoms with Crippen molar-refractivity contribution in [1.82, 2.24) is 15.1 Å². The van der Waals surface area contributed by atoms with E-state index in [9.17, 15) is 14.4 Å². The summed E-state index contributed by atoms with van der Waals surface area (Å²) in [5, 5.41) is 11.7. The van der Waals surface area contributed by atoms with Gasteiger partial charge in [0.1, 0.15) is 0 Å². The number of nitrogens with one attached hydrogen (secondary N) is 1. The maximum absolute atomic E-state index is 12.2. The van der Waals surface area contributed by atoms with Gasteiger partial charge in [0.2, 0.25) is 5.91 Å². The van der Waals surface area contributed by atoms with E-state index in [1.165, 1.54) is 11.8 Å². The van der Waals surface area contributed by atoms with Gasteiger partial charge in [-0.1, -0.05) is 6.92 Å². The van der Waals surface area contributed by atoms with Gasteiger partial charge in [0, 0.05) is 39.6 Å². The molecule has 1 aliphatic heterocycles. The second kappa shape index (κ2) is 7.12. The largest absolute Gasteiger partial charge is 0.481 e. The molecule has 1 rings (SSSR count). The summed E-state index contributed by atoms with van der Waals surface area (Å²) in [6.07, 6.45) is 1.46. The minimum atomic E-state index is -0.908. The van der Waals surface area contributed by atoms with Crippen LogP contribution in [0.1, 0.15) is 26.7 Å². The van der Waals surface area contributed by atoms with Crippen molar-refractivity contribution < 1.29 is 19.5 Å². The van der Waals surface area contributed by atoms with Gasteiger partial charge in [0.25, 0.3) is 0 Å². The Bertz CT molecular complexity index is 378. The third-order valence-electron chi connectivity index (χ3n) is 3.47. The Morgan fingerprint density at radius 1 is 1.35 bits per heavy atom. The highest BCUT2D eigenvalue weighted by Crippen LogP contribution is 2.12. The van der Waals surface area contributed by atoms with Gasteiger partial charge in [0.15, 0.2) is 0 Å². The van der Waals surface area contributed by atoms with Crippen molar-refractivity contribution in [3.05, 3.63) is 0 Å². The molecule has 7 heteroatoms. The number of likely N-dealkylation sites (tertiary alicyclic amines) is 1. The van der Waals surface area contributed by atoms with E-state index in [0.29, 0.717) is 13.1 Å². The monoisotopic (exact) mass is 285 g/mol. The topological polar surface area (TPSA) is 90.0 Å². The molecule has 0 spiro atoms. The molecule has 114 valence electrons. The fourth-order valence-electron chi connectivity index (χ4n) is 2.31. The van der Waals surface area contributed by atoms with Gasteiger partial charge in [0.05, 0.1) is 5.92 Å². The van der Waals surface area contributed by atoms with Crippen LogP contribution in [0.3, 0.4) is 0 Å². The summed E-state index contributed by atoms with van der Waals surface area (Å²) in [6.45, 7) is 4.42. The second-order valence-corrected chi connectivity index (χ2v) is 5.36. The number of carbonyl (C=O) groups is 3. The molecule has 20 heavy (non-hydrogen) atoms. The zero-order chi connectivity index (χ0) is 15.3. The Morgan fingerprint density at radius 2 is 1.90 bits per heavy atom. The molecule has 0 aromatic carbocycles. The van der Waals surface area contributed by atoms with Crippen LogP contribution in [0.4, 0.5) is 4.79 Å². The smallest absolute Gasteiger partial charge is 0.319 e. The van der Waals surface area contributed by atoms with Gasteiger partial charge in [-0.2, -0.15) is 0 Å². The van der Waals surface area contributed by atoms with E-state index in [1.54, 1.807) is 18.9 Å². The summed E-state index contributed by atoms with van der Waals surface area (Å²) >= 11 is 0. The number of hydrogen-bond acceptors (Lipinski definition) is 3. The minimum absolute atomic E-state index is 0.0535. The summed E-state index contributed by atoms with van der Waals surface area (Å²) in [7, 11) is 1.61. The van der Waals surface area contributed by atoms with Gasteiger partial charge >= 0.3 is 12.0 Å². The highest BCUT2D eigenvalue weighted by molar-refractivity contribution is 5.76. The molecular weight excluding hydrogens is 262 g/mol. The number of rotatable bonds is 4. The van der Waals surface area contributed by atoms with Crippen LogP contribution in [-0.4, -0.2) is 65.5 Å². The Balaban J connectivity index is 2.42. The molecule has 1 heterocycles. The fourth-order valence-corrected chi connectivity index (χ4v) is 2.31. The van der Waals surface area contributed by atoms with Gasteiger partial charge < -0.3 is 20.2 Å². The molecule has 1 saturated heterocycles. The Morgan fingerprint density at radius 3 is 2.35 bits per heavy atom. The minimum Gasteiger partial charge on any atom is -0.481 e. The van der Waals surface area contributed by atoms with Crippen LogP contribution in [0, 0.1) is 5.92 Å². The lowest BCUT2D eigenvalue weighted by atomic mass is 10.1. The maximum Gasteiger partial charge on any atom is 0.319 e. The standard InChI is InChI=1S/C13H23N3O4/c1-9(12(18)19)8-15(3)13(20)16-6-4-11(5-7-16)14-10(2)17/h9,11H,4-8H2,1-3H3,(H,14,17)(H,18,19). The van der Waals surface area contributed by atoms with Crippen molar-refractivity contribution in [3.63, 3.8) is 0 Å². The zero-order valence-electron chi connectivity index (χ0n) is 12.3. The number of piperidine rings is 1. The van der Waals surface area contributed by atoms with Gasteiger partial charge in [-0.15, -0.1) is 0 Å². The van der Waals surface area contributed by atoms with Gasteiger partial charge in [-0.25, -0.2) is 4.79 Å². The number of nitrogens with zero attached hydrogens (tertiary/aromatic N) is 2. The van der Waals surface area contributed by atoms with Crippen LogP contribution in [0.2, 0.25) is 0 Å². The Hall–Kier alpha value is -1.79. The molecule has 1 atom stereocenters. The average molecular weight is 285 g/mol. The number of carboxylic acid groups (broad SMARTS) is 1. The van der Waals surface area contributed by atoms with E-state index in [-0.39, 0.29) is 24.5 Å². The summed E-state index contributed by atoms with van der Waals surface area (Å²) in [5.74, 6) is -1.54. The van der Waals surface area contributed by atoms with Crippen molar-refractivity contribution in [1.29, 1.82) is 0 Å². The predicted molar refractivity (Wildman–Crippen MR) is 73.2 cm³/mol. The molecule has 0 saturated carbocycles. The fraction of sp³-hybridized carbons (Fsp3) is 0.769. The molecule has 0 aromatic rings. The van der Waals surface area contributed by atoms with Crippen LogP contribution >= 0.6 is 0 Å². The number of aliphatic carboxylic acids is 1. The van der Waals surface area contributed by atoms with E-state index >= 15 is 0 Å². The summed E-state index contributed by atoms with van der Waals surface area (Å²) in [6, 6.07) is -0.0285. The second-order valence-electron chi connectivity index (χ2n) is 5.36. The van der Waals surface area contributed by atoms with Crippen molar-refractivity contribution in [2.45, 2.75) is 32.7 Å². The quantitative estimate of drug-likeness (QED) is 0.780. The molecule has 1 fully saturated rings. The van der Waals surface area contributed by atoms with Crippen molar-refractivity contribution >= 4 is 17.9 Å². The number of carbonyl (C=O) groups excluding carboxylic acids is 2. The highest BCUT2D eigenvalue weighted by atomic mass is 16.4. The third kappa shape index (κ3) is 4.71. The van der Waals surface area contributed by atoms with E-state index in [0.717, 1.165) is 12.8 Å². The molecule has 3 amide bonds. The molecule has 1 aliphatic rings. The van der Waals surface area contributed by atoms with E-state index in [1.807, 2.05) is 0 Å². The van der Waals surface area contributed by atoms with E-state index in [4.69, 9.17) is 5.11 Å². The molecule has 0 radical (unpaired) electrons. The molecule has 1 unspecified atom stereocenters. The Labute approximate surface area is 118 Å². The predicted octanol–water partition coefficient (Wildman–Crippen LogP) is 0.359. The van der Waals surface area contributed by atoms with Crippen LogP contribution in [0.5, 0.6) is 0 Å². The van der Waals surface area contributed by atoms with Gasteiger partial charge in [-0.3, -0.25) is 9.59 Å². The Kier molecular flexibility index (Phi) is 5.79. The zero-order valence-corrected chi connectivity index (χ0v) is 12.3. The summed E-state index contributed by atoms with van der Waals surface area (Å²) in [5.41, 5.74) is 0. The van der Waals surface area contributed by atoms with Crippen molar-refractivity contribution in [2.24, 2.45) is 5.92 Å². The highest BCUT2D eigenvalue weighted by Gasteiger charge is 2.26. The number of hydrogen-bond donors (Lipinski definition) is 2. The summed E-state index contributed by atoms with van der Waals surface area (Å²) < 4.78 is 0. The number of amides is 3. The molecule has 0 aromatic heterocycles. The van der Waals surface area contributed by atoms with Crippen LogP contribution in [0.25, 0.3) is 0 Å². The first kappa shape index (κ1) is 16.3. The average Bonchev–Trinajstić information content (AvgIpc) is 2.37. The first-order valence-electron chi connectivity index (χ1n) is 6.81. The molecule has 0 aliphatic carbocycles. The normalized spacial score (nSPS) is 17.4. The lowest BCUT2D eigenvalue weighted by Crippen LogP contribution is -2.50.